The van der Waals surface area contributed by atoms with Crippen LogP contribution < -0.4 is 15.8 Å². The number of carbonyl (C=O) groups excluding carboxylic acids is 1. The number of hydrogen-bond donors (Lipinski definition) is 2. The van der Waals surface area contributed by atoms with Gasteiger partial charge in [-0.15, -0.1) is 0 Å². The summed E-state index contributed by atoms with van der Waals surface area (Å²) in [6.07, 6.45) is 6.79. The summed E-state index contributed by atoms with van der Waals surface area (Å²) >= 11 is 0. The van der Waals surface area contributed by atoms with Crippen LogP contribution in [0, 0.1) is 5.41 Å². The van der Waals surface area contributed by atoms with Crippen molar-refractivity contribution in [2.45, 2.75) is 74.7 Å². The minimum Gasteiger partial charge on any atom is -0.493 e. The maximum Gasteiger partial charge on any atom is 0.233 e. The molecule has 2 aliphatic rings. The lowest BCUT2D eigenvalue weighted by atomic mass is 9.93. The van der Waals surface area contributed by atoms with E-state index in [1.54, 1.807) is 36.4 Å². The second-order valence-electron chi connectivity index (χ2n) is 12.0. The first-order valence-corrected chi connectivity index (χ1v) is 16.1. The number of piperazine rings is 1. The molecule has 2 fully saturated rings. The predicted octanol–water partition coefficient (Wildman–Crippen LogP) is 4.01. The zero-order valence-corrected chi connectivity index (χ0v) is 25.1. The standard InChI is InChI=1S/C31H46N4O4S/c1-24(34-16-18-35(19-17-34)26-8-5-4-6-9-26)25-12-14-28(15-13-25)40(37,38)29-11-7-10-27(20-29)39-23-31(2,3)22-33-30(36)21-32/h7,10-15,20,24,26H,4-6,8-9,16-19,21-23,32H2,1-3H3,(H,33,36)/t24-/m0/s1. The van der Waals surface area contributed by atoms with E-state index in [2.05, 4.69) is 22.0 Å². The fourth-order valence-corrected chi connectivity index (χ4v) is 6.97. The van der Waals surface area contributed by atoms with Gasteiger partial charge in [-0.1, -0.05) is 51.3 Å². The molecule has 1 saturated carbocycles. The van der Waals surface area contributed by atoms with Crippen molar-refractivity contribution in [2.24, 2.45) is 11.1 Å². The molecule has 1 aliphatic heterocycles. The van der Waals surface area contributed by atoms with Crippen molar-refractivity contribution in [1.82, 2.24) is 15.1 Å². The van der Waals surface area contributed by atoms with Crippen molar-refractivity contribution in [1.29, 1.82) is 0 Å². The molecule has 1 atom stereocenters. The average molecular weight is 571 g/mol. The predicted molar refractivity (Wildman–Crippen MR) is 158 cm³/mol. The van der Waals surface area contributed by atoms with Gasteiger partial charge in [0.25, 0.3) is 0 Å². The summed E-state index contributed by atoms with van der Waals surface area (Å²) in [4.78, 5) is 17.1. The second kappa shape index (κ2) is 13.5. The number of benzene rings is 2. The number of nitrogens with one attached hydrogen (secondary N) is 1. The van der Waals surface area contributed by atoms with Crippen molar-refractivity contribution in [3.8, 4) is 5.75 Å². The highest BCUT2D eigenvalue weighted by molar-refractivity contribution is 7.91. The van der Waals surface area contributed by atoms with Crippen LogP contribution in [0.3, 0.4) is 0 Å². The molecular formula is C31H46N4O4S. The summed E-state index contributed by atoms with van der Waals surface area (Å²) in [5.41, 5.74) is 6.13. The number of sulfone groups is 1. The Hall–Kier alpha value is -2.46. The lowest BCUT2D eigenvalue weighted by Crippen LogP contribution is -2.51. The molecule has 1 amide bonds. The van der Waals surface area contributed by atoms with Crippen LogP contribution in [0.4, 0.5) is 0 Å². The molecule has 8 nitrogen and oxygen atoms in total. The van der Waals surface area contributed by atoms with Gasteiger partial charge in [-0.3, -0.25) is 14.6 Å². The van der Waals surface area contributed by atoms with E-state index in [4.69, 9.17) is 10.5 Å². The van der Waals surface area contributed by atoms with Gasteiger partial charge in [0.1, 0.15) is 5.75 Å². The molecule has 1 saturated heterocycles. The third kappa shape index (κ3) is 7.84. The van der Waals surface area contributed by atoms with Crippen LogP contribution in [0.5, 0.6) is 5.75 Å². The van der Waals surface area contributed by atoms with Crippen molar-refractivity contribution in [3.05, 3.63) is 54.1 Å². The molecule has 0 spiro atoms. The van der Waals surface area contributed by atoms with Gasteiger partial charge >= 0.3 is 0 Å². The Morgan fingerprint density at radius 2 is 1.70 bits per heavy atom. The maximum absolute atomic E-state index is 13.4. The molecular weight excluding hydrogens is 524 g/mol. The first-order valence-electron chi connectivity index (χ1n) is 14.6. The summed E-state index contributed by atoms with van der Waals surface area (Å²) < 4.78 is 32.8. The van der Waals surface area contributed by atoms with E-state index in [0.29, 0.717) is 18.9 Å². The van der Waals surface area contributed by atoms with E-state index in [9.17, 15) is 13.2 Å². The SMILES string of the molecule is C[C@@H](c1ccc(S(=O)(=O)c2cccc(OCC(C)(C)CNC(=O)CN)c2)cc1)N1CCN(C2CCCCC2)CC1. The molecule has 0 unspecified atom stereocenters. The molecule has 4 rings (SSSR count). The number of ether oxygens (including phenoxy) is 1. The Morgan fingerprint density at radius 1 is 1.02 bits per heavy atom. The van der Waals surface area contributed by atoms with Crippen LogP contribution in [0.15, 0.2) is 58.3 Å². The highest BCUT2D eigenvalue weighted by Gasteiger charge is 2.28. The van der Waals surface area contributed by atoms with E-state index >= 15 is 0 Å². The lowest BCUT2D eigenvalue weighted by molar-refractivity contribution is -0.120. The average Bonchev–Trinajstić information content (AvgIpc) is 2.99. The lowest BCUT2D eigenvalue weighted by Gasteiger charge is -2.42. The molecule has 1 aliphatic carbocycles. The molecule has 9 heteroatoms. The Morgan fingerprint density at radius 3 is 2.35 bits per heavy atom. The van der Waals surface area contributed by atoms with Crippen molar-refractivity contribution in [2.75, 3.05) is 45.9 Å². The third-order valence-corrected chi connectivity index (χ3v) is 10.1. The van der Waals surface area contributed by atoms with Gasteiger partial charge in [0.2, 0.25) is 15.7 Å². The molecule has 2 aromatic rings. The summed E-state index contributed by atoms with van der Waals surface area (Å²) in [6.45, 7) is 11.1. The fourth-order valence-electron chi connectivity index (χ4n) is 5.68. The van der Waals surface area contributed by atoms with Gasteiger partial charge in [0.15, 0.2) is 0 Å². The van der Waals surface area contributed by atoms with Gasteiger partial charge in [0, 0.05) is 50.2 Å². The summed E-state index contributed by atoms with van der Waals surface area (Å²) in [5.74, 6) is 0.246. The van der Waals surface area contributed by atoms with Crippen LogP contribution in [0.1, 0.15) is 64.5 Å². The smallest absolute Gasteiger partial charge is 0.233 e. The molecule has 0 radical (unpaired) electrons. The third-order valence-electron chi connectivity index (χ3n) is 8.36. The fraction of sp³-hybridized carbons (Fsp3) is 0.581. The van der Waals surface area contributed by atoms with Gasteiger partial charge in [-0.05, 0) is 55.7 Å². The largest absolute Gasteiger partial charge is 0.493 e. The number of amides is 1. The quantitative estimate of drug-likeness (QED) is 0.421. The normalized spacial score (nSPS) is 18.8. The van der Waals surface area contributed by atoms with E-state index in [1.165, 1.54) is 32.1 Å². The molecule has 1 heterocycles. The zero-order valence-electron chi connectivity index (χ0n) is 24.3. The second-order valence-corrected chi connectivity index (χ2v) is 14.0. The van der Waals surface area contributed by atoms with Crippen molar-refractivity contribution in [3.63, 3.8) is 0 Å². The number of carbonyl (C=O) groups is 1. The monoisotopic (exact) mass is 570 g/mol. The number of hydrogen-bond acceptors (Lipinski definition) is 7. The molecule has 3 N–H and O–H groups in total. The van der Waals surface area contributed by atoms with Gasteiger partial charge in [-0.25, -0.2) is 8.42 Å². The van der Waals surface area contributed by atoms with Gasteiger partial charge < -0.3 is 15.8 Å². The molecule has 0 bridgehead atoms. The van der Waals surface area contributed by atoms with Crippen LogP contribution >= 0.6 is 0 Å². The van der Waals surface area contributed by atoms with Crippen LogP contribution in [-0.4, -0.2) is 76.0 Å². The topological polar surface area (TPSA) is 105 Å². The van der Waals surface area contributed by atoms with Gasteiger partial charge in [0.05, 0.1) is 22.9 Å². The number of nitrogens with two attached hydrogens (primary N) is 1. The molecule has 0 aromatic heterocycles. The maximum atomic E-state index is 13.4. The molecule has 220 valence electrons. The minimum absolute atomic E-state index is 0.0614. The van der Waals surface area contributed by atoms with Crippen LogP contribution in [-0.2, 0) is 14.6 Å². The highest BCUT2D eigenvalue weighted by atomic mass is 32.2. The Balaban J connectivity index is 1.35. The van der Waals surface area contributed by atoms with E-state index in [1.807, 2.05) is 26.0 Å². The number of rotatable bonds is 11. The van der Waals surface area contributed by atoms with E-state index in [0.717, 1.165) is 37.8 Å². The Labute approximate surface area is 240 Å². The van der Waals surface area contributed by atoms with E-state index < -0.39 is 9.84 Å². The van der Waals surface area contributed by atoms with Crippen LogP contribution in [0.25, 0.3) is 0 Å². The first kappa shape index (κ1) is 30.5. The highest BCUT2D eigenvalue weighted by Crippen LogP contribution is 2.29. The number of nitrogens with zero attached hydrogens (tertiary/aromatic N) is 2. The molecule has 2 aromatic carbocycles. The van der Waals surface area contributed by atoms with Crippen molar-refractivity contribution >= 4 is 15.7 Å². The zero-order chi connectivity index (χ0) is 28.8. The Bertz CT molecular complexity index is 1220. The molecule has 40 heavy (non-hydrogen) atoms. The Kier molecular flexibility index (Phi) is 10.3. The summed E-state index contributed by atoms with van der Waals surface area (Å²) in [5, 5.41) is 2.77. The minimum atomic E-state index is -3.70. The van der Waals surface area contributed by atoms with Gasteiger partial charge in [-0.2, -0.15) is 0 Å². The van der Waals surface area contributed by atoms with Crippen LogP contribution in [0.2, 0.25) is 0 Å². The summed E-state index contributed by atoms with van der Waals surface area (Å²) in [6, 6.07) is 14.9. The first-order chi connectivity index (χ1) is 19.1. The summed E-state index contributed by atoms with van der Waals surface area (Å²) in [7, 11) is -3.70. The van der Waals surface area contributed by atoms with E-state index in [-0.39, 0.29) is 33.7 Å². The van der Waals surface area contributed by atoms with Crippen molar-refractivity contribution < 1.29 is 17.9 Å².